The van der Waals surface area contributed by atoms with Crippen molar-refractivity contribution in [3.05, 3.63) is 58.9 Å². The van der Waals surface area contributed by atoms with Gasteiger partial charge < -0.3 is 15.1 Å². The highest BCUT2D eigenvalue weighted by Gasteiger charge is 2.44. The van der Waals surface area contributed by atoms with E-state index in [1.807, 2.05) is 18.2 Å². The molecular formula is C21H23ClFN3O. The summed E-state index contributed by atoms with van der Waals surface area (Å²) >= 11 is 6.18. The minimum absolute atomic E-state index is 0.00182. The zero-order valence-corrected chi connectivity index (χ0v) is 16.0. The molecule has 2 aromatic carbocycles. The summed E-state index contributed by atoms with van der Waals surface area (Å²) in [5.41, 5.74) is 2.79. The Morgan fingerprint density at radius 1 is 1.11 bits per heavy atom. The maximum absolute atomic E-state index is 13.1. The largest absolute Gasteiger partial charge is 0.367 e. The summed E-state index contributed by atoms with van der Waals surface area (Å²) < 4.78 is 13.1. The van der Waals surface area contributed by atoms with E-state index in [0.29, 0.717) is 5.02 Å². The number of rotatable bonds is 4. The quantitative estimate of drug-likeness (QED) is 0.862. The zero-order chi connectivity index (χ0) is 19.0. The highest BCUT2D eigenvalue weighted by molar-refractivity contribution is 6.31. The minimum Gasteiger partial charge on any atom is -0.367 e. The van der Waals surface area contributed by atoms with E-state index in [1.54, 1.807) is 12.1 Å². The summed E-state index contributed by atoms with van der Waals surface area (Å²) in [7, 11) is 2.12. The van der Waals surface area contributed by atoms with E-state index in [0.717, 1.165) is 49.5 Å². The van der Waals surface area contributed by atoms with Gasteiger partial charge >= 0.3 is 0 Å². The number of hydrogen-bond donors (Lipinski definition) is 1. The van der Waals surface area contributed by atoms with Crippen molar-refractivity contribution in [2.45, 2.75) is 12.3 Å². The third-order valence-corrected chi connectivity index (χ3v) is 5.72. The summed E-state index contributed by atoms with van der Waals surface area (Å²) in [5.74, 6) is -0.162. The van der Waals surface area contributed by atoms with E-state index in [9.17, 15) is 9.18 Å². The van der Waals surface area contributed by atoms with E-state index in [4.69, 9.17) is 11.6 Å². The molecule has 2 unspecified atom stereocenters. The lowest BCUT2D eigenvalue weighted by Crippen LogP contribution is -2.44. The summed E-state index contributed by atoms with van der Waals surface area (Å²) in [6.07, 6.45) is 0.794. The molecule has 0 spiro atoms. The monoisotopic (exact) mass is 387 g/mol. The third-order valence-electron chi connectivity index (χ3n) is 5.49. The molecule has 0 radical (unpaired) electrons. The van der Waals surface area contributed by atoms with Gasteiger partial charge in [0.25, 0.3) is 0 Å². The first-order valence-electron chi connectivity index (χ1n) is 9.30. The number of hydrogen-bond acceptors (Lipinski definition) is 3. The van der Waals surface area contributed by atoms with Crippen molar-refractivity contribution in [3.8, 4) is 0 Å². The fourth-order valence-electron chi connectivity index (χ4n) is 3.72. The highest BCUT2D eigenvalue weighted by atomic mass is 35.5. The van der Waals surface area contributed by atoms with Crippen LogP contribution in [-0.4, -0.2) is 44.0 Å². The standard InChI is InChI=1S/C21H23ClFN3O/c1-25-8-10-26(11-9-25)20-7-4-15(22)12-19(20)24-21(27)18-13-17(18)14-2-5-16(23)6-3-14/h2-7,12,17-18H,8-11,13H2,1H3,(H,24,27). The summed E-state index contributed by atoms with van der Waals surface area (Å²) in [5, 5.41) is 3.69. The van der Waals surface area contributed by atoms with Gasteiger partial charge in [0, 0.05) is 37.1 Å². The first-order chi connectivity index (χ1) is 13.0. The maximum atomic E-state index is 13.1. The molecule has 2 fully saturated rings. The van der Waals surface area contributed by atoms with Gasteiger partial charge in [0.1, 0.15) is 5.82 Å². The molecule has 6 heteroatoms. The van der Waals surface area contributed by atoms with Crippen molar-refractivity contribution in [2.24, 2.45) is 5.92 Å². The molecule has 27 heavy (non-hydrogen) atoms. The van der Waals surface area contributed by atoms with Crippen LogP contribution in [0.3, 0.4) is 0 Å². The highest BCUT2D eigenvalue weighted by Crippen LogP contribution is 2.48. The minimum atomic E-state index is -0.254. The van der Waals surface area contributed by atoms with Crippen molar-refractivity contribution in [1.29, 1.82) is 0 Å². The topological polar surface area (TPSA) is 35.6 Å². The number of amides is 1. The number of anilines is 2. The number of halogens is 2. The molecule has 1 aliphatic carbocycles. The van der Waals surface area contributed by atoms with E-state index in [1.165, 1.54) is 12.1 Å². The van der Waals surface area contributed by atoms with Gasteiger partial charge in [-0.25, -0.2) is 4.39 Å². The van der Waals surface area contributed by atoms with Gasteiger partial charge in [-0.2, -0.15) is 0 Å². The predicted octanol–water partition coefficient (Wildman–Crippen LogP) is 3.97. The van der Waals surface area contributed by atoms with Gasteiger partial charge in [0.15, 0.2) is 0 Å². The Labute approximate surface area is 163 Å². The number of benzene rings is 2. The van der Waals surface area contributed by atoms with Crippen LogP contribution in [0.15, 0.2) is 42.5 Å². The fraction of sp³-hybridized carbons (Fsp3) is 0.381. The van der Waals surface area contributed by atoms with Gasteiger partial charge in [0.05, 0.1) is 11.4 Å². The van der Waals surface area contributed by atoms with Crippen LogP contribution < -0.4 is 10.2 Å². The SMILES string of the molecule is CN1CCN(c2ccc(Cl)cc2NC(=O)C2CC2c2ccc(F)cc2)CC1. The Morgan fingerprint density at radius 3 is 2.52 bits per heavy atom. The van der Waals surface area contributed by atoms with Crippen LogP contribution in [0.2, 0.25) is 5.02 Å². The Morgan fingerprint density at radius 2 is 1.81 bits per heavy atom. The lowest BCUT2D eigenvalue weighted by molar-refractivity contribution is -0.117. The summed E-state index contributed by atoms with van der Waals surface area (Å²) in [6, 6.07) is 12.1. The Bertz CT molecular complexity index is 834. The maximum Gasteiger partial charge on any atom is 0.228 e. The van der Waals surface area contributed by atoms with E-state index in [-0.39, 0.29) is 23.6 Å². The molecule has 1 heterocycles. The molecule has 4 nitrogen and oxygen atoms in total. The lowest BCUT2D eigenvalue weighted by Gasteiger charge is -2.35. The van der Waals surface area contributed by atoms with Crippen LogP contribution >= 0.6 is 11.6 Å². The number of piperazine rings is 1. The van der Waals surface area contributed by atoms with Crippen LogP contribution in [0.25, 0.3) is 0 Å². The Hall–Kier alpha value is -2.11. The van der Waals surface area contributed by atoms with Crippen molar-refractivity contribution in [2.75, 3.05) is 43.4 Å². The van der Waals surface area contributed by atoms with E-state index < -0.39 is 0 Å². The average Bonchev–Trinajstić information content (AvgIpc) is 3.44. The van der Waals surface area contributed by atoms with Gasteiger partial charge in [0.2, 0.25) is 5.91 Å². The number of carbonyl (C=O) groups excluding carboxylic acids is 1. The molecule has 4 rings (SSSR count). The second-order valence-electron chi connectivity index (χ2n) is 7.44. The van der Waals surface area contributed by atoms with Gasteiger partial charge in [-0.05, 0) is 55.3 Å². The number of carbonyl (C=O) groups is 1. The fourth-order valence-corrected chi connectivity index (χ4v) is 3.89. The molecule has 1 saturated heterocycles. The molecular weight excluding hydrogens is 365 g/mol. The number of nitrogens with zero attached hydrogens (tertiary/aromatic N) is 2. The smallest absolute Gasteiger partial charge is 0.228 e. The summed E-state index contributed by atoms with van der Waals surface area (Å²) in [6.45, 7) is 3.82. The Balaban J connectivity index is 1.47. The molecule has 1 saturated carbocycles. The predicted molar refractivity (Wildman–Crippen MR) is 107 cm³/mol. The zero-order valence-electron chi connectivity index (χ0n) is 15.3. The molecule has 2 aromatic rings. The van der Waals surface area contributed by atoms with Crippen LogP contribution in [0.5, 0.6) is 0 Å². The average molecular weight is 388 g/mol. The second-order valence-corrected chi connectivity index (χ2v) is 7.88. The van der Waals surface area contributed by atoms with E-state index in [2.05, 4.69) is 22.2 Å². The first-order valence-corrected chi connectivity index (χ1v) is 9.68. The molecule has 1 N–H and O–H groups in total. The van der Waals surface area contributed by atoms with Crippen LogP contribution in [-0.2, 0) is 4.79 Å². The number of nitrogens with one attached hydrogen (secondary N) is 1. The molecule has 142 valence electrons. The molecule has 1 amide bonds. The lowest BCUT2D eigenvalue weighted by atomic mass is 10.1. The Kier molecular flexibility index (Phi) is 5.06. The van der Waals surface area contributed by atoms with Crippen LogP contribution in [0.1, 0.15) is 17.9 Å². The third kappa shape index (κ3) is 4.09. The summed E-state index contributed by atoms with van der Waals surface area (Å²) in [4.78, 5) is 17.4. The van der Waals surface area contributed by atoms with Gasteiger partial charge in [-0.15, -0.1) is 0 Å². The van der Waals surface area contributed by atoms with Crippen molar-refractivity contribution in [3.63, 3.8) is 0 Å². The molecule has 2 aliphatic rings. The first kappa shape index (κ1) is 18.3. The van der Waals surface area contributed by atoms with Crippen molar-refractivity contribution >= 4 is 28.9 Å². The molecule has 1 aliphatic heterocycles. The second kappa shape index (κ2) is 7.49. The van der Waals surface area contributed by atoms with Gasteiger partial charge in [-0.3, -0.25) is 4.79 Å². The van der Waals surface area contributed by atoms with Crippen LogP contribution in [0, 0.1) is 11.7 Å². The van der Waals surface area contributed by atoms with Crippen molar-refractivity contribution < 1.29 is 9.18 Å². The normalized spacial score (nSPS) is 22.6. The molecule has 2 atom stereocenters. The molecule has 0 aromatic heterocycles. The van der Waals surface area contributed by atoms with Gasteiger partial charge in [-0.1, -0.05) is 23.7 Å². The number of likely N-dealkylation sites (N-methyl/N-ethyl adjacent to an activating group) is 1. The van der Waals surface area contributed by atoms with Crippen molar-refractivity contribution in [1.82, 2.24) is 4.90 Å². The van der Waals surface area contributed by atoms with E-state index >= 15 is 0 Å². The molecule has 0 bridgehead atoms. The van der Waals surface area contributed by atoms with Crippen LogP contribution in [0.4, 0.5) is 15.8 Å².